The van der Waals surface area contributed by atoms with Crippen LogP contribution in [0.25, 0.3) is 0 Å². The molecule has 1 aliphatic rings. The van der Waals surface area contributed by atoms with E-state index in [2.05, 4.69) is 15.6 Å². The second-order valence-corrected chi connectivity index (χ2v) is 7.90. The second kappa shape index (κ2) is 8.47. The second-order valence-electron chi connectivity index (χ2n) is 6.82. The van der Waals surface area contributed by atoms with E-state index in [1.54, 1.807) is 6.07 Å². The monoisotopic (exact) mass is 391 g/mol. The summed E-state index contributed by atoms with van der Waals surface area (Å²) in [5, 5.41) is 15.2. The van der Waals surface area contributed by atoms with Gasteiger partial charge in [-0.25, -0.2) is 14.2 Å². The summed E-state index contributed by atoms with van der Waals surface area (Å²) in [6, 6.07) is 6.08. The number of amides is 2. The molecule has 8 heteroatoms. The van der Waals surface area contributed by atoms with Crippen LogP contribution in [0, 0.1) is 18.7 Å². The number of aliphatic carboxylic acids is 1. The Hall–Kier alpha value is -2.48. The van der Waals surface area contributed by atoms with Crippen LogP contribution in [0.1, 0.15) is 41.8 Å². The van der Waals surface area contributed by atoms with Gasteiger partial charge in [-0.05, 0) is 50.3 Å². The van der Waals surface area contributed by atoms with Crippen molar-refractivity contribution in [2.75, 3.05) is 5.32 Å². The summed E-state index contributed by atoms with van der Waals surface area (Å²) in [5.41, 5.74) is 1.66. The van der Waals surface area contributed by atoms with E-state index >= 15 is 0 Å². The first-order valence-corrected chi connectivity index (χ1v) is 9.73. The Morgan fingerprint density at radius 1 is 1.30 bits per heavy atom. The van der Waals surface area contributed by atoms with Crippen molar-refractivity contribution in [1.29, 1.82) is 0 Å². The maximum Gasteiger partial charge on any atom is 0.321 e. The van der Waals surface area contributed by atoms with E-state index in [0.717, 1.165) is 16.1 Å². The van der Waals surface area contributed by atoms with Crippen molar-refractivity contribution in [3.63, 3.8) is 0 Å². The molecule has 0 spiro atoms. The van der Waals surface area contributed by atoms with Gasteiger partial charge < -0.3 is 10.4 Å². The number of anilines is 1. The Kier molecular flexibility index (Phi) is 6.05. The number of benzene rings is 1. The quantitative estimate of drug-likeness (QED) is 0.720. The minimum atomic E-state index is -0.762. The standard InChI is InChI=1S/C19H22FN3O3S/c1-11-16(10-12-3-2-4-14(20)9-12)27-19(21-11)23-18(26)22-15-7-5-13(6-8-15)17(24)25/h2-4,9,13,15H,5-8,10H2,1H3,(H,24,25)(H2,21,22,23,26). The molecular formula is C19H22FN3O3S. The molecule has 2 amide bonds. The summed E-state index contributed by atoms with van der Waals surface area (Å²) >= 11 is 1.37. The van der Waals surface area contributed by atoms with E-state index < -0.39 is 5.97 Å². The van der Waals surface area contributed by atoms with Crippen molar-refractivity contribution in [3.8, 4) is 0 Å². The Morgan fingerprint density at radius 2 is 2.04 bits per heavy atom. The summed E-state index contributed by atoms with van der Waals surface area (Å²) in [6.45, 7) is 1.86. The van der Waals surface area contributed by atoms with Gasteiger partial charge in [0.2, 0.25) is 0 Å². The highest BCUT2D eigenvalue weighted by Crippen LogP contribution is 2.26. The summed E-state index contributed by atoms with van der Waals surface area (Å²) in [6.07, 6.45) is 3.03. The topological polar surface area (TPSA) is 91.3 Å². The third-order valence-electron chi connectivity index (χ3n) is 4.78. The van der Waals surface area contributed by atoms with Gasteiger partial charge in [0.15, 0.2) is 5.13 Å². The van der Waals surface area contributed by atoms with Crippen LogP contribution < -0.4 is 10.6 Å². The molecule has 0 saturated heterocycles. The average Bonchev–Trinajstić information content (AvgIpc) is 2.94. The smallest absolute Gasteiger partial charge is 0.321 e. The Labute approximate surface area is 160 Å². The maximum absolute atomic E-state index is 13.3. The first-order chi connectivity index (χ1) is 12.9. The fourth-order valence-electron chi connectivity index (χ4n) is 3.28. The molecule has 0 atom stereocenters. The number of aromatic nitrogens is 1. The maximum atomic E-state index is 13.3. The van der Waals surface area contributed by atoms with Crippen LogP contribution in [0.4, 0.5) is 14.3 Å². The summed E-state index contributed by atoms with van der Waals surface area (Å²) in [5.74, 6) is -1.34. The van der Waals surface area contributed by atoms with Crippen molar-refractivity contribution in [2.24, 2.45) is 5.92 Å². The zero-order valence-electron chi connectivity index (χ0n) is 15.0. The predicted octanol–water partition coefficient (Wildman–Crippen LogP) is 3.95. The van der Waals surface area contributed by atoms with E-state index in [1.807, 2.05) is 13.0 Å². The highest BCUT2D eigenvalue weighted by molar-refractivity contribution is 7.15. The Balaban J connectivity index is 1.53. The number of nitrogens with zero attached hydrogens (tertiary/aromatic N) is 1. The molecule has 3 N–H and O–H groups in total. The number of aryl methyl sites for hydroxylation is 1. The number of nitrogens with one attached hydrogen (secondary N) is 2. The van der Waals surface area contributed by atoms with E-state index in [0.29, 0.717) is 37.2 Å². The fourth-order valence-corrected chi connectivity index (χ4v) is 4.27. The van der Waals surface area contributed by atoms with Crippen LogP contribution in [0.3, 0.4) is 0 Å². The SMILES string of the molecule is Cc1nc(NC(=O)NC2CCC(C(=O)O)CC2)sc1Cc1cccc(F)c1. The van der Waals surface area contributed by atoms with Crippen LogP contribution in [0.2, 0.25) is 0 Å². The molecule has 1 aliphatic carbocycles. The van der Waals surface area contributed by atoms with Gasteiger partial charge in [0.05, 0.1) is 11.6 Å². The number of urea groups is 1. The van der Waals surface area contributed by atoms with Gasteiger partial charge >= 0.3 is 12.0 Å². The zero-order valence-corrected chi connectivity index (χ0v) is 15.8. The van der Waals surface area contributed by atoms with Crippen LogP contribution in [0.5, 0.6) is 0 Å². The first kappa shape index (κ1) is 19.3. The number of carboxylic acids is 1. The third-order valence-corrected chi connectivity index (χ3v) is 5.85. The van der Waals surface area contributed by atoms with Gasteiger partial charge in [0.1, 0.15) is 5.82 Å². The summed E-state index contributed by atoms with van der Waals surface area (Å²) < 4.78 is 13.3. The molecular weight excluding hydrogens is 369 g/mol. The van der Waals surface area contributed by atoms with Gasteiger partial charge in [0.25, 0.3) is 0 Å². The number of hydrogen-bond acceptors (Lipinski definition) is 4. The van der Waals surface area contributed by atoms with Crippen LogP contribution in [-0.2, 0) is 11.2 Å². The highest BCUT2D eigenvalue weighted by atomic mass is 32.1. The molecule has 0 radical (unpaired) electrons. The summed E-state index contributed by atoms with van der Waals surface area (Å²) in [7, 11) is 0. The number of rotatable bonds is 5. The summed E-state index contributed by atoms with van der Waals surface area (Å²) in [4.78, 5) is 28.5. The Bertz CT molecular complexity index is 831. The minimum absolute atomic E-state index is 0.0200. The van der Waals surface area contributed by atoms with Crippen molar-refractivity contribution in [2.45, 2.75) is 45.1 Å². The molecule has 0 unspecified atom stereocenters. The first-order valence-electron chi connectivity index (χ1n) is 8.92. The van der Waals surface area contributed by atoms with Crippen molar-refractivity contribution >= 4 is 28.5 Å². The molecule has 0 bridgehead atoms. The van der Waals surface area contributed by atoms with Gasteiger partial charge in [0, 0.05) is 17.3 Å². The molecule has 144 valence electrons. The molecule has 1 saturated carbocycles. The molecule has 0 aliphatic heterocycles. The van der Waals surface area contributed by atoms with Crippen molar-refractivity contribution in [3.05, 3.63) is 46.2 Å². The number of hydrogen-bond donors (Lipinski definition) is 3. The van der Waals surface area contributed by atoms with Crippen LogP contribution >= 0.6 is 11.3 Å². The fraction of sp³-hybridized carbons (Fsp3) is 0.421. The largest absolute Gasteiger partial charge is 0.481 e. The van der Waals surface area contributed by atoms with Gasteiger partial charge in [-0.1, -0.05) is 12.1 Å². The molecule has 2 aromatic rings. The van der Waals surface area contributed by atoms with Crippen molar-refractivity contribution in [1.82, 2.24) is 10.3 Å². The van der Waals surface area contributed by atoms with Gasteiger partial charge in [-0.3, -0.25) is 10.1 Å². The minimum Gasteiger partial charge on any atom is -0.481 e. The number of thiazole rings is 1. The van der Waals surface area contributed by atoms with E-state index in [-0.39, 0.29) is 23.8 Å². The third kappa shape index (κ3) is 5.26. The number of carboxylic acid groups (broad SMARTS) is 1. The lowest BCUT2D eigenvalue weighted by atomic mass is 9.86. The molecule has 1 aromatic heterocycles. The Morgan fingerprint density at radius 3 is 2.70 bits per heavy atom. The lowest BCUT2D eigenvalue weighted by Gasteiger charge is -2.26. The number of halogens is 1. The lowest BCUT2D eigenvalue weighted by Crippen LogP contribution is -2.40. The number of carbonyl (C=O) groups is 2. The van der Waals surface area contributed by atoms with E-state index in [4.69, 9.17) is 5.11 Å². The highest BCUT2D eigenvalue weighted by Gasteiger charge is 2.26. The van der Waals surface area contributed by atoms with Gasteiger partial charge in [-0.2, -0.15) is 0 Å². The molecule has 1 fully saturated rings. The number of carbonyl (C=O) groups excluding carboxylic acids is 1. The molecule has 27 heavy (non-hydrogen) atoms. The van der Waals surface area contributed by atoms with Crippen LogP contribution in [-0.4, -0.2) is 28.1 Å². The molecule has 6 nitrogen and oxygen atoms in total. The molecule has 1 heterocycles. The average molecular weight is 391 g/mol. The van der Waals surface area contributed by atoms with E-state index in [1.165, 1.54) is 23.5 Å². The van der Waals surface area contributed by atoms with Crippen molar-refractivity contribution < 1.29 is 19.1 Å². The molecule has 1 aromatic carbocycles. The lowest BCUT2D eigenvalue weighted by molar-refractivity contribution is -0.142. The van der Waals surface area contributed by atoms with Gasteiger partial charge in [-0.15, -0.1) is 11.3 Å². The normalized spacial score (nSPS) is 19.5. The van der Waals surface area contributed by atoms with Crippen LogP contribution in [0.15, 0.2) is 24.3 Å². The zero-order chi connectivity index (χ0) is 19.4. The predicted molar refractivity (Wildman–Crippen MR) is 102 cm³/mol. The van der Waals surface area contributed by atoms with E-state index in [9.17, 15) is 14.0 Å². The molecule has 3 rings (SSSR count).